The number of carbonyl (C=O) groups excluding carboxylic acids is 2. The largest absolute Gasteiger partial charge is 0.497 e. The molecule has 0 aliphatic heterocycles. The number of rotatable bonds is 5. The molecule has 0 bridgehead atoms. The first-order chi connectivity index (χ1) is 9.23. The van der Waals surface area contributed by atoms with Crippen molar-refractivity contribution >= 4 is 11.8 Å². The highest BCUT2D eigenvalue weighted by Gasteiger charge is 2.23. The molecule has 1 aromatic rings. The lowest BCUT2D eigenvalue weighted by atomic mass is 9.91. The van der Waals surface area contributed by atoms with Gasteiger partial charge in [0.2, 0.25) is 11.8 Å². The summed E-state index contributed by atoms with van der Waals surface area (Å²) in [5.74, 6) is -0.104. The van der Waals surface area contributed by atoms with E-state index in [-0.39, 0.29) is 11.3 Å². The molecule has 5 nitrogen and oxygen atoms in total. The maximum absolute atomic E-state index is 11.9. The fraction of sp³-hybridized carbons (Fsp3) is 0.467. The van der Waals surface area contributed by atoms with Crippen LogP contribution in [0.25, 0.3) is 0 Å². The second-order valence-corrected chi connectivity index (χ2v) is 5.91. The Hall–Kier alpha value is -2.04. The summed E-state index contributed by atoms with van der Waals surface area (Å²) in [6, 6.07) is 6.05. The minimum atomic E-state index is -0.823. The zero-order chi connectivity index (χ0) is 15.3. The van der Waals surface area contributed by atoms with Gasteiger partial charge in [-0.2, -0.15) is 0 Å². The molecule has 20 heavy (non-hydrogen) atoms. The quantitative estimate of drug-likeness (QED) is 0.861. The highest BCUT2D eigenvalue weighted by atomic mass is 16.5. The van der Waals surface area contributed by atoms with E-state index < -0.39 is 11.9 Å². The van der Waals surface area contributed by atoms with Gasteiger partial charge in [-0.3, -0.25) is 9.59 Å². The lowest BCUT2D eigenvalue weighted by Gasteiger charge is -2.21. The average Bonchev–Trinajstić information content (AvgIpc) is 2.34. The van der Waals surface area contributed by atoms with E-state index in [9.17, 15) is 9.59 Å². The van der Waals surface area contributed by atoms with Crippen LogP contribution in [0.4, 0.5) is 0 Å². The Morgan fingerprint density at radius 1 is 1.25 bits per heavy atom. The van der Waals surface area contributed by atoms with Gasteiger partial charge < -0.3 is 15.8 Å². The summed E-state index contributed by atoms with van der Waals surface area (Å²) in [5, 5.41) is 2.67. The minimum absolute atomic E-state index is 0.147. The monoisotopic (exact) mass is 278 g/mol. The van der Waals surface area contributed by atoms with Crippen molar-refractivity contribution < 1.29 is 14.3 Å². The van der Waals surface area contributed by atoms with E-state index in [2.05, 4.69) is 5.32 Å². The number of hydrogen-bond acceptors (Lipinski definition) is 3. The topological polar surface area (TPSA) is 81.4 Å². The molecule has 0 spiro atoms. The van der Waals surface area contributed by atoms with Crippen LogP contribution in [0.5, 0.6) is 5.75 Å². The number of ether oxygens (including phenoxy) is 1. The summed E-state index contributed by atoms with van der Waals surface area (Å²) in [5.41, 5.74) is 5.86. The van der Waals surface area contributed by atoms with Crippen LogP contribution in [0.15, 0.2) is 24.3 Å². The van der Waals surface area contributed by atoms with Crippen LogP contribution in [0.1, 0.15) is 38.8 Å². The second kappa shape index (κ2) is 6.41. The fourth-order valence-corrected chi connectivity index (χ4v) is 1.81. The first-order valence-electron chi connectivity index (χ1n) is 6.45. The molecule has 1 atom stereocenters. The molecule has 5 heteroatoms. The van der Waals surface area contributed by atoms with E-state index in [1.807, 2.05) is 20.8 Å². The smallest absolute Gasteiger partial charge is 0.244 e. The molecule has 0 heterocycles. The van der Waals surface area contributed by atoms with Crippen molar-refractivity contribution in [3.8, 4) is 5.75 Å². The third kappa shape index (κ3) is 4.91. The van der Waals surface area contributed by atoms with Crippen LogP contribution in [-0.4, -0.2) is 18.9 Å². The number of nitrogens with two attached hydrogens (primary N) is 1. The first-order valence-corrected chi connectivity index (χ1v) is 6.45. The zero-order valence-electron chi connectivity index (χ0n) is 12.4. The number of carbonyl (C=O) groups is 2. The van der Waals surface area contributed by atoms with Gasteiger partial charge in [-0.25, -0.2) is 0 Å². The van der Waals surface area contributed by atoms with Gasteiger partial charge in [0.15, 0.2) is 0 Å². The second-order valence-electron chi connectivity index (χ2n) is 5.91. The van der Waals surface area contributed by atoms with Crippen molar-refractivity contribution in [1.29, 1.82) is 0 Å². The van der Waals surface area contributed by atoms with Gasteiger partial charge in [-0.15, -0.1) is 0 Å². The van der Waals surface area contributed by atoms with Gasteiger partial charge in [-0.1, -0.05) is 32.9 Å². The van der Waals surface area contributed by atoms with E-state index in [0.29, 0.717) is 17.7 Å². The predicted molar refractivity (Wildman–Crippen MR) is 77.1 cm³/mol. The fourth-order valence-electron chi connectivity index (χ4n) is 1.81. The standard InChI is InChI=1S/C15H22N2O3/c1-15(2,3)9-12(18)17-13(14(16)19)10-5-7-11(20-4)8-6-10/h5-8,13H,9H2,1-4H3,(H2,16,19)(H,17,18)/t13-/m0/s1. The molecule has 1 aromatic carbocycles. The Balaban J connectivity index is 2.83. The summed E-state index contributed by atoms with van der Waals surface area (Å²) in [4.78, 5) is 23.5. The molecule has 0 saturated heterocycles. The number of primary amides is 1. The maximum atomic E-state index is 11.9. The summed E-state index contributed by atoms with van der Waals surface area (Å²) < 4.78 is 5.05. The molecule has 1 rings (SSSR count). The Morgan fingerprint density at radius 3 is 2.20 bits per heavy atom. The highest BCUT2D eigenvalue weighted by Crippen LogP contribution is 2.21. The minimum Gasteiger partial charge on any atom is -0.497 e. The SMILES string of the molecule is COc1ccc([C@H](NC(=O)CC(C)(C)C)C(N)=O)cc1. The van der Waals surface area contributed by atoms with E-state index in [1.54, 1.807) is 31.4 Å². The van der Waals surface area contributed by atoms with Gasteiger partial charge in [0.1, 0.15) is 11.8 Å². The Kier molecular flexibility index (Phi) is 5.13. The first kappa shape index (κ1) is 16.0. The lowest BCUT2D eigenvalue weighted by Crippen LogP contribution is -2.38. The third-order valence-corrected chi connectivity index (χ3v) is 2.73. The normalized spacial score (nSPS) is 12.6. The van der Waals surface area contributed by atoms with E-state index >= 15 is 0 Å². The molecule has 0 aromatic heterocycles. The number of methoxy groups -OCH3 is 1. The number of hydrogen-bond donors (Lipinski definition) is 2. The van der Waals surface area contributed by atoms with Crippen molar-refractivity contribution in [2.45, 2.75) is 33.2 Å². The van der Waals surface area contributed by atoms with Crippen molar-refractivity contribution in [1.82, 2.24) is 5.32 Å². The molecule has 0 saturated carbocycles. The Labute approximate surface area is 119 Å². The van der Waals surface area contributed by atoms with Crippen molar-refractivity contribution in [2.75, 3.05) is 7.11 Å². The van der Waals surface area contributed by atoms with Gasteiger partial charge in [0.05, 0.1) is 7.11 Å². The summed E-state index contributed by atoms with van der Waals surface area (Å²) in [6.07, 6.45) is 0.326. The van der Waals surface area contributed by atoms with Gasteiger partial charge in [-0.05, 0) is 23.1 Å². The summed E-state index contributed by atoms with van der Waals surface area (Å²) in [6.45, 7) is 5.87. The van der Waals surface area contributed by atoms with Gasteiger partial charge in [0, 0.05) is 6.42 Å². The van der Waals surface area contributed by atoms with Crippen LogP contribution in [0.2, 0.25) is 0 Å². The van der Waals surface area contributed by atoms with Crippen LogP contribution in [0, 0.1) is 5.41 Å². The van der Waals surface area contributed by atoms with Gasteiger partial charge in [0.25, 0.3) is 0 Å². The molecule has 2 amide bonds. The average molecular weight is 278 g/mol. The van der Waals surface area contributed by atoms with E-state index in [1.165, 1.54) is 0 Å². The van der Waals surface area contributed by atoms with Crippen molar-refractivity contribution in [3.05, 3.63) is 29.8 Å². The molecule has 0 aliphatic carbocycles. The number of amides is 2. The van der Waals surface area contributed by atoms with Crippen molar-refractivity contribution in [2.24, 2.45) is 11.1 Å². The number of benzene rings is 1. The van der Waals surface area contributed by atoms with Crippen LogP contribution >= 0.6 is 0 Å². The molecule has 0 aliphatic rings. The Morgan fingerprint density at radius 2 is 1.80 bits per heavy atom. The molecule has 0 radical (unpaired) electrons. The summed E-state index contributed by atoms with van der Waals surface area (Å²) >= 11 is 0. The lowest BCUT2D eigenvalue weighted by molar-refractivity contribution is -0.128. The molecule has 0 unspecified atom stereocenters. The highest BCUT2D eigenvalue weighted by molar-refractivity contribution is 5.87. The van der Waals surface area contributed by atoms with E-state index in [0.717, 1.165) is 0 Å². The van der Waals surface area contributed by atoms with Crippen LogP contribution < -0.4 is 15.8 Å². The Bertz CT molecular complexity index is 475. The molecular weight excluding hydrogens is 256 g/mol. The molecule has 0 fully saturated rings. The predicted octanol–water partition coefficient (Wildman–Crippen LogP) is 1.77. The molecule has 3 N–H and O–H groups in total. The maximum Gasteiger partial charge on any atom is 0.244 e. The zero-order valence-corrected chi connectivity index (χ0v) is 12.4. The summed E-state index contributed by atoms with van der Waals surface area (Å²) in [7, 11) is 1.56. The third-order valence-electron chi connectivity index (χ3n) is 2.73. The van der Waals surface area contributed by atoms with Gasteiger partial charge >= 0.3 is 0 Å². The van der Waals surface area contributed by atoms with Crippen LogP contribution in [-0.2, 0) is 9.59 Å². The number of nitrogens with one attached hydrogen (secondary N) is 1. The molecule has 110 valence electrons. The van der Waals surface area contributed by atoms with Crippen LogP contribution in [0.3, 0.4) is 0 Å². The molecular formula is C15H22N2O3. The van der Waals surface area contributed by atoms with E-state index in [4.69, 9.17) is 10.5 Å². The van der Waals surface area contributed by atoms with Crippen molar-refractivity contribution in [3.63, 3.8) is 0 Å².